The van der Waals surface area contributed by atoms with Crippen molar-refractivity contribution in [2.75, 3.05) is 18.9 Å². The lowest BCUT2D eigenvalue weighted by molar-refractivity contribution is 0.0929. The summed E-state index contributed by atoms with van der Waals surface area (Å²) in [6.45, 7) is 5.92. The Morgan fingerprint density at radius 1 is 1.26 bits per heavy atom. The summed E-state index contributed by atoms with van der Waals surface area (Å²) in [6, 6.07) is 7.11. The van der Waals surface area contributed by atoms with Gasteiger partial charge in [0.2, 0.25) is 0 Å². The normalized spacial score (nSPS) is 12.3. The lowest BCUT2D eigenvalue weighted by Gasteiger charge is -2.09. The van der Waals surface area contributed by atoms with Gasteiger partial charge < -0.3 is 10.5 Å². The minimum Gasteiger partial charge on any atom is -0.399 e. The molecule has 0 aromatic heterocycles. The lowest BCUT2D eigenvalue weighted by Crippen LogP contribution is -2.06. The molecule has 19 heavy (non-hydrogen) atoms. The zero-order valence-corrected chi connectivity index (χ0v) is 12.0. The maximum Gasteiger partial charge on any atom is 0.162 e. The van der Waals surface area contributed by atoms with Gasteiger partial charge in [0.15, 0.2) is 5.78 Å². The van der Waals surface area contributed by atoms with E-state index in [0.717, 1.165) is 38.0 Å². The average molecular weight is 263 g/mol. The van der Waals surface area contributed by atoms with Gasteiger partial charge in [-0.2, -0.15) is 0 Å². The van der Waals surface area contributed by atoms with Crippen LogP contribution in [0.1, 0.15) is 49.9 Å². The highest BCUT2D eigenvalue weighted by atomic mass is 16.5. The molecule has 0 saturated carbocycles. The minimum absolute atomic E-state index is 0.182. The van der Waals surface area contributed by atoms with Gasteiger partial charge in [-0.3, -0.25) is 4.79 Å². The van der Waals surface area contributed by atoms with Crippen LogP contribution in [-0.4, -0.2) is 19.0 Å². The third-order valence-corrected chi connectivity index (χ3v) is 3.27. The number of carbonyl (C=O) groups is 1. The van der Waals surface area contributed by atoms with Crippen molar-refractivity contribution in [3.05, 3.63) is 29.8 Å². The fraction of sp³-hybridized carbons (Fsp3) is 0.562. The Labute approximate surface area is 116 Å². The van der Waals surface area contributed by atoms with E-state index < -0.39 is 0 Å². The van der Waals surface area contributed by atoms with Gasteiger partial charge in [0.05, 0.1) is 0 Å². The van der Waals surface area contributed by atoms with Gasteiger partial charge in [-0.1, -0.05) is 20.3 Å². The summed E-state index contributed by atoms with van der Waals surface area (Å²) < 4.78 is 5.56. The summed E-state index contributed by atoms with van der Waals surface area (Å²) >= 11 is 0. The molecule has 1 rings (SSSR count). The van der Waals surface area contributed by atoms with Crippen molar-refractivity contribution in [3.8, 4) is 0 Å². The van der Waals surface area contributed by atoms with Crippen LogP contribution in [0.25, 0.3) is 0 Å². The predicted octanol–water partition coefficient (Wildman–Crippen LogP) is 3.68. The third kappa shape index (κ3) is 6.39. The van der Waals surface area contributed by atoms with Crippen LogP contribution < -0.4 is 5.73 Å². The number of Topliss-reactive ketones (excluding diaryl/α,β-unsaturated/α-hetero) is 1. The first kappa shape index (κ1) is 15.7. The second-order valence-electron chi connectivity index (χ2n) is 5.09. The molecule has 0 bridgehead atoms. The molecule has 0 amide bonds. The molecule has 1 aromatic rings. The van der Waals surface area contributed by atoms with Gasteiger partial charge >= 0.3 is 0 Å². The quantitative estimate of drug-likeness (QED) is 0.420. The summed E-state index contributed by atoms with van der Waals surface area (Å²) in [7, 11) is 0. The Morgan fingerprint density at radius 2 is 1.95 bits per heavy atom. The van der Waals surface area contributed by atoms with E-state index in [0.29, 0.717) is 18.0 Å². The number of benzene rings is 1. The van der Waals surface area contributed by atoms with E-state index in [9.17, 15) is 4.79 Å². The molecule has 1 aromatic carbocycles. The number of unbranched alkanes of at least 4 members (excludes halogenated alkanes) is 1. The molecule has 3 heteroatoms. The first-order chi connectivity index (χ1) is 9.13. The zero-order valence-electron chi connectivity index (χ0n) is 12.0. The molecule has 0 saturated heterocycles. The SMILES string of the molecule is CCC(C)COCCCCC(=O)c1ccc(N)cc1. The fourth-order valence-corrected chi connectivity index (χ4v) is 1.71. The first-order valence-electron chi connectivity index (χ1n) is 7.10. The standard InChI is InChI=1S/C16H25NO2/c1-3-13(2)12-19-11-5-4-6-16(18)14-7-9-15(17)10-8-14/h7-10,13H,3-6,11-12,17H2,1-2H3. The number of hydrogen-bond acceptors (Lipinski definition) is 3. The van der Waals surface area contributed by atoms with E-state index in [1.165, 1.54) is 0 Å². The number of nitrogen functional groups attached to an aromatic ring is 1. The number of carbonyl (C=O) groups excluding carboxylic acids is 1. The van der Waals surface area contributed by atoms with E-state index in [-0.39, 0.29) is 5.78 Å². The monoisotopic (exact) mass is 263 g/mol. The molecule has 0 radical (unpaired) electrons. The topological polar surface area (TPSA) is 52.3 Å². The van der Waals surface area contributed by atoms with Crippen molar-refractivity contribution in [2.24, 2.45) is 5.92 Å². The zero-order chi connectivity index (χ0) is 14.1. The Bertz CT molecular complexity index is 373. The van der Waals surface area contributed by atoms with Crippen molar-refractivity contribution >= 4 is 11.5 Å². The number of ether oxygens (including phenoxy) is 1. The summed E-state index contributed by atoms with van der Waals surface area (Å²) in [4.78, 5) is 11.9. The second-order valence-corrected chi connectivity index (χ2v) is 5.09. The number of hydrogen-bond donors (Lipinski definition) is 1. The Morgan fingerprint density at radius 3 is 2.58 bits per heavy atom. The van der Waals surface area contributed by atoms with Gasteiger partial charge in [0.1, 0.15) is 0 Å². The first-order valence-corrected chi connectivity index (χ1v) is 7.10. The van der Waals surface area contributed by atoms with Crippen LogP contribution in [0.2, 0.25) is 0 Å². The van der Waals surface area contributed by atoms with Crippen LogP contribution >= 0.6 is 0 Å². The minimum atomic E-state index is 0.182. The molecule has 3 nitrogen and oxygen atoms in total. The maximum atomic E-state index is 11.9. The summed E-state index contributed by atoms with van der Waals surface area (Å²) in [5.41, 5.74) is 7.02. The van der Waals surface area contributed by atoms with E-state index in [4.69, 9.17) is 10.5 Å². The third-order valence-electron chi connectivity index (χ3n) is 3.27. The van der Waals surface area contributed by atoms with Crippen LogP contribution in [0.5, 0.6) is 0 Å². The molecule has 0 fully saturated rings. The second kappa shape index (κ2) is 8.70. The Hall–Kier alpha value is -1.35. The van der Waals surface area contributed by atoms with Crippen LogP contribution in [0.15, 0.2) is 24.3 Å². The summed E-state index contributed by atoms with van der Waals surface area (Å²) in [5, 5.41) is 0. The molecule has 0 aliphatic heterocycles. The van der Waals surface area contributed by atoms with Crippen molar-refractivity contribution in [3.63, 3.8) is 0 Å². The number of rotatable bonds is 9. The summed E-state index contributed by atoms with van der Waals surface area (Å²) in [5.74, 6) is 0.804. The molecule has 2 N–H and O–H groups in total. The fourth-order valence-electron chi connectivity index (χ4n) is 1.71. The molecule has 106 valence electrons. The molecule has 0 aliphatic rings. The highest BCUT2D eigenvalue weighted by Crippen LogP contribution is 2.10. The highest BCUT2D eigenvalue weighted by Gasteiger charge is 2.05. The molecule has 1 unspecified atom stereocenters. The van der Waals surface area contributed by atoms with Crippen molar-refractivity contribution < 1.29 is 9.53 Å². The molecule has 0 spiro atoms. The molecule has 0 aliphatic carbocycles. The van der Waals surface area contributed by atoms with Gasteiger partial charge in [0, 0.05) is 30.9 Å². The average Bonchev–Trinajstić information content (AvgIpc) is 2.42. The maximum absolute atomic E-state index is 11.9. The van der Waals surface area contributed by atoms with E-state index in [1.54, 1.807) is 24.3 Å². The summed E-state index contributed by atoms with van der Waals surface area (Å²) in [6.07, 6.45) is 3.55. The lowest BCUT2D eigenvalue weighted by atomic mass is 10.1. The van der Waals surface area contributed by atoms with Crippen LogP contribution in [0.3, 0.4) is 0 Å². The molecular formula is C16H25NO2. The number of nitrogens with two attached hydrogens (primary N) is 1. The molecular weight excluding hydrogens is 238 g/mol. The predicted molar refractivity (Wildman–Crippen MR) is 79.3 cm³/mol. The van der Waals surface area contributed by atoms with Crippen LogP contribution in [-0.2, 0) is 4.74 Å². The van der Waals surface area contributed by atoms with Gasteiger partial charge in [-0.05, 0) is 43.0 Å². The molecule has 0 heterocycles. The van der Waals surface area contributed by atoms with E-state index >= 15 is 0 Å². The Kier molecular flexibility index (Phi) is 7.19. The molecule has 1 atom stereocenters. The van der Waals surface area contributed by atoms with Crippen molar-refractivity contribution in [2.45, 2.75) is 39.5 Å². The van der Waals surface area contributed by atoms with Gasteiger partial charge in [-0.15, -0.1) is 0 Å². The van der Waals surface area contributed by atoms with Gasteiger partial charge in [0.25, 0.3) is 0 Å². The van der Waals surface area contributed by atoms with Crippen LogP contribution in [0.4, 0.5) is 5.69 Å². The van der Waals surface area contributed by atoms with E-state index in [2.05, 4.69) is 13.8 Å². The van der Waals surface area contributed by atoms with E-state index in [1.807, 2.05) is 0 Å². The van der Waals surface area contributed by atoms with Crippen molar-refractivity contribution in [1.29, 1.82) is 0 Å². The number of anilines is 1. The Balaban J connectivity index is 2.12. The number of ketones is 1. The highest BCUT2D eigenvalue weighted by molar-refractivity contribution is 5.96. The largest absolute Gasteiger partial charge is 0.399 e. The van der Waals surface area contributed by atoms with Crippen molar-refractivity contribution in [1.82, 2.24) is 0 Å². The van der Waals surface area contributed by atoms with Crippen LogP contribution in [0, 0.1) is 5.92 Å². The smallest absolute Gasteiger partial charge is 0.162 e. The van der Waals surface area contributed by atoms with Gasteiger partial charge in [-0.25, -0.2) is 0 Å².